The number of aromatic nitrogens is 2. The van der Waals surface area contributed by atoms with E-state index in [2.05, 4.69) is 10.2 Å². The van der Waals surface area contributed by atoms with Crippen LogP contribution in [0.15, 0.2) is 34.7 Å². The lowest BCUT2D eigenvalue weighted by molar-refractivity contribution is -0.137. The van der Waals surface area contributed by atoms with Crippen molar-refractivity contribution in [3.8, 4) is 5.75 Å². The average molecular weight is 276 g/mol. The third kappa shape index (κ3) is 4.38. The number of hydrogen-bond acceptors (Lipinski definition) is 5. The van der Waals surface area contributed by atoms with Crippen molar-refractivity contribution >= 4 is 5.97 Å². The zero-order valence-corrected chi connectivity index (χ0v) is 11.2. The Morgan fingerprint density at radius 2 is 2.00 bits per heavy atom. The number of carbonyl (C=O) groups is 1. The standard InChI is InChI=1S/C14H16N2O4/c1-10(8-14(17)18)7-12-15-16-13(20-12)9-19-11-5-3-2-4-6-11/h2-6,10H,7-9H2,1H3,(H,17,18). The van der Waals surface area contributed by atoms with Crippen LogP contribution in [0.5, 0.6) is 5.75 Å². The van der Waals surface area contributed by atoms with E-state index in [0.717, 1.165) is 5.75 Å². The van der Waals surface area contributed by atoms with E-state index in [1.807, 2.05) is 37.3 Å². The van der Waals surface area contributed by atoms with Crippen molar-refractivity contribution in [1.29, 1.82) is 0 Å². The van der Waals surface area contributed by atoms with Gasteiger partial charge in [0.25, 0.3) is 5.89 Å². The molecule has 0 fully saturated rings. The van der Waals surface area contributed by atoms with Crippen molar-refractivity contribution in [3.05, 3.63) is 42.1 Å². The Balaban J connectivity index is 1.84. The highest BCUT2D eigenvalue weighted by atomic mass is 16.5. The van der Waals surface area contributed by atoms with Crippen LogP contribution in [-0.2, 0) is 17.8 Å². The summed E-state index contributed by atoms with van der Waals surface area (Å²) < 4.78 is 10.9. The van der Waals surface area contributed by atoms with Gasteiger partial charge in [0, 0.05) is 12.8 Å². The largest absolute Gasteiger partial charge is 0.484 e. The van der Waals surface area contributed by atoms with Gasteiger partial charge in [-0.1, -0.05) is 25.1 Å². The zero-order chi connectivity index (χ0) is 14.4. The number of rotatable bonds is 7. The second-order valence-electron chi connectivity index (χ2n) is 4.60. The maximum atomic E-state index is 10.6. The molecule has 6 heteroatoms. The van der Waals surface area contributed by atoms with Crippen LogP contribution in [0, 0.1) is 5.92 Å². The number of benzene rings is 1. The first-order chi connectivity index (χ1) is 9.63. The lowest BCUT2D eigenvalue weighted by Crippen LogP contribution is -2.07. The molecule has 2 aromatic rings. The topological polar surface area (TPSA) is 85.5 Å². The Morgan fingerprint density at radius 1 is 1.30 bits per heavy atom. The molecule has 0 aliphatic rings. The first-order valence-electron chi connectivity index (χ1n) is 6.34. The molecule has 1 aromatic heterocycles. The Morgan fingerprint density at radius 3 is 2.70 bits per heavy atom. The summed E-state index contributed by atoms with van der Waals surface area (Å²) in [5.41, 5.74) is 0. The number of nitrogens with zero attached hydrogens (tertiary/aromatic N) is 2. The first kappa shape index (κ1) is 14.0. The molecule has 0 aliphatic heterocycles. The van der Waals surface area contributed by atoms with Crippen LogP contribution < -0.4 is 4.74 Å². The van der Waals surface area contributed by atoms with Crippen LogP contribution in [0.3, 0.4) is 0 Å². The van der Waals surface area contributed by atoms with Crippen LogP contribution in [0.25, 0.3) is 0 Å². The van der Waals surface area contributed by atoms with Gasteiger partial charge in [-0.2, -0.15) is 0 Å². The second kappa shape index (κ2) is 6.70. The number of ether oxygens (including phenoxy) is 1. The lowest BCUT2D eigenvalue weighted by atomic mass is 10.0. The van der Waals surface area contributed by atoms with Gasteiger partial charge in [-0.15, -0.1) is 10.2 Å². The van der Waals surface area contributed by atoms with Crippen LogP contribution in [0.4, 0.5) is 0 Å². The van der Waals surface area contributed by atoms with E-state index in [1.165, 1.54) is 0 Å². The van der Waals surface area contributed by atoms with Gasteiger partial charge in [0.2, 0.25) is 5.89 Å². The SMILES string of the molecule is CC(CC(=O)O)Cc1nnc(COc2ccccc2)o1. The Bertz CT molecular complexity index is 553. The predicted octanol–water partition coefficient (Wildman–Crippen LogP) is 2.30. The van der Waals surface area contributed by atoms with Gasteiger partial charge in [-0.3, -0.25) is 4.79 Å². The number of aliphatic carboxylic acids is 1. The van der Waals surface area contributed by atoms with E-state index in [4.69, 9.17) is 14.3 Å². The zero-order valence-electron chi connectivity index (χ0n) is 11.2. The monoisotopic (exact) mass is 276 g/mol. The van der Waals surface area contributed by atoms with E-state index in [-0.39, 0.29) is 18.9 Å². The third-order valence-electron chi connectivity index (χ3n) is 2.66. The molecule has 1 heterocycles. The Labute approximate surface area is 116 Å². The molecule has 20 heavy (non-hydrogen) atoms. The summed E-state index contributed by atoms with van der Waals surface area (Å²) in [4.78, 5) is 10.6. The smallest absolute Gasteiger partial charge is 0.303 e. The van der Waals surface area contributed by atoms with Crippen LogP contribution >= 0.6 is 0 Å². The highest BCUT2D eigenvalue weighted by Gasteiger charge is 2.13. The van der Waals surface area contributed by atoms with Crippen molar-refractivity contribution < 1.29 is 19.1 Å². The van der Waals surface area contributed by atoms with Crippen molar-refractivity contribution in [2.45, 2.75) is 26.4 Å². The fraction of sp³-hybridized carbons (Fsp3) is 0.357. The summed E-state index contributed by atoms with van der Waals surface area (Å²) in [5.74, 6) is 0.670. The fourth-order valence-electron chi connectivity index (χ4n) is 1.76. The maximum absolute atomic E-state index is 10.6. The summed E-state index contributed by atoms with van der Waals surface area (Å²) in [6.45, 7) is 2.03. The Kier molecular flexibility index (Phi) is 4.70. The van der Waals surface area contributed by atoms with Crippen LogP contribution in [0.2, 0.25) is 0 Å². The summed E-state index contributed by atoms with van der Waals surface area (Å²) in [6, 6.07) is 9.34. The minimum atomic E-state index is -0.829. The molecular weight excluding hydrogens is 260 g/mol. The number of hydrogen-bond donors (Lipinski definition) is 1. The maximum Gasteiger partial charge on any atom is 0.303 e. The Hall–Kier alpha value is -2.37. The van der Waals surface area contributed by atoms with E-state index < -0.39 is 5.97 Å². The van der Waals surface area contributed by atoms with E-state index in [9.17, 15) is 4.79 Å². The molecule has 0 bridgehead atoms. The van der Waals surface area contributed by atoms with Gasteiger partial charge in [0.05, 0.1) is 0 Å². The van der Waals surface area contributed by atoms with Gasteiger partial charge in [-0.05, 0) is 18.1 Å². The number of para-hydroxylation sites is 1. The van der Waals surface area contributed by atoms with Crippen molar-refractivity contribution in [2.75, 3.05) is 0 Å². The molecule has 0 spiro atoms. The summed E-state index contributed by atoms with van der Waals surface area (Å²) in [7, 11) is 0. The quantitative estimate of drug-likeness (QED) is 0.835. The highest BCUT2D eigenvalue weighted by Crippen LogP contribution is 2.13. The molecular formula is C14H16N2O4. The van der Waals surface area contributed by atoms with Gasteiger partial charge in [-0.25, -0.2) is 0 Å². The minimum absolute atomic E-state index is 0.0455. The van der Waals surface area contributed by atoms with Crippen LogP contribution in [0.1, 0.15) is 25.1 Å². The average Bonchev–Trinajstić information content (AvgIpc) is 2.84. The van der Waals surface area contributed by atoms with Crippen LogP contribution in [-0.4, -0.2) is 21.3 Å². The molecule has 0 amide bonds. The molecule has 1 aromatic carbocycles. The molecule has 1 unspecified atom stereocenters. The fourth-order valence-corrected chi connectivity index (χ4v) is 1.76. The van der Waals surface area contributed by atoms with E-state index in [0.29, 0.717) is 18.2 Å². The van der Waals surface area contributed by atoms with Crippen molar-refractivity contribution in [1.82, 2.24) is 10.2 Å². The summed E-state index contributed by atoms with van der Waals surface area (Å²) >= 11 is 0. The molecule has 0 radical (unpaired) electrons. The van der Waals surface area contributed by atoms with Crippen molar-refractivity contribution in [3.63, 3.8) is 0 Å². The molecule has 6 nitrogen and oxygen atoms in total. The molecule has 106 valence electrons. The molecule has 2 rings (SSSR count). The van der Waals surface area contributed by atoms with Gasteiger partial charge >= 0.3 is 5.97 Å². The molecule has 0 saturated heterocycles. The number of carboxylic acid groups (broad SMARTS) is 1. The predicted molar refractivity (Wildman–Crippen MR) is 70.2 cm³/mol. The summed E-state index contributed by atoms with van der Waals surface area (Å²) in [6.07, 6.45) is 0.531. The molecule has 0 aliphatic carbocycles. The normalized spacial score (nSPS) is 12.1. The van der Waals surface area contributed by atoms with Gasteiger partial charge in [0.1, 0.15) is 5.75 Å². The molecule has 0 saturated carbocycles. The first-order valence-corrected chi connectivity index (χ1v) is 6.34. The summed E-state index contributed by atoms with van der Waals surface area (Å²) in [5, 5.41) is 16.5. The highest BCUT2D eigenvalue weighted by molar-refractivity contribution is 5.66. The van der Waals surface area contributed by atoms with E-state index >= 15 is 0 Å². The van der Waals surface area contributed by atoms with Gasteiger partial charge < -0.3 is 14.3 Å². The number of carboxylic acids is 1. The van der Waals surface area contributed by atoms with Crippen molar-refractivity contribution in [2.24, 2.45) is 5.92 Å². The lowest BCUT2D eigenvalue weighted by Gasteiger charge is -2.04. The molecule has 1 atom stereocenters. The minimum Gasteiger partial charge on any atom is -0.484 e. The molecule has 1 N–H and O–H groups in total. The van der Waals surface area contributed by atoms with Gasteiger partial charge in [0.15, 0.2) is 6.61 Å². The second-order valence-corrected chi connectivity index (χ2v) is 4.60. The third-order valence-corrected chi connectivity index (χ3v) is 2.66. The van der Waals surface area contributed by atoms with E-state index in [1.54, 1.807) is 0 Å².